The maximum absolute atomic E-state index is 13.5. The van der Waals surface area contributed by atoms with Gasteiger partial charge in [-0.15, -0.1) is 0 Å². The van der Waals surface area contributed by atoms with Crippen LogP contribution in [0.5, 0.6) is 17.2 Å². The van der Waals surface area contributed by atoms with E-state index in [0.29, 0.717) is 45.4 Å². The van der Waals surface area contributed by atoms with Gasteiger partial charge in [0.2, 0.25) is 5.75 Å². The summed E-state index contributed by atoms with van der Waals surface area (Å²) in [4.78, 5) is 24.1. The van der Waals surface area contributed by atoms with Crippen molar-refractivity contribution in [2.45, 2.75) is 6.54 Å². The van der Waals surface area contributed by atoms with Gasteiger partial charge in [-0.05, 0) is 29.8 Å². The summed E-state index contributed by atoms with van der Waals surface area (Å²) in [6, 6.07) is 9.56. The normalized spacial score (nSPS) is 10.9. The summed E-state index contributed by atoms with van der Waals surface area (Å²) in [6.45, 7) is 0.157. The Labute approximate surface area is 170 Å². The van der Waals surface area contributed by atoms with Gasteiger partial charge in [-0.3, -0.25) is 9.55 Å². The van der Waals surface area contributed by atoms with Gasteiger partial charge in [0.15, 0.2) is 22.8 Å². The molecule has 0 bridgehead atoms. The highest BCUT2D eigenvalue weighted by Gasteiger charge is 2.17. The van der Waals surface area contributed by atoms with E-state index in [2.05, 4.69) is 15.0 Å². The minimum Gasteiger partial charge on any atom is -0.493 e. The lowest BCUT2D eigenvalue weighted by molar-refractivity contribution is 0.324. The van der Waals surface area contributed by atoms with Crippen LogP contribution in [-0.4, -0.2) is 40.8 Å². The number of aromatic amines is 1. The number of imidazole rings is 1. The molecule has 0 atom stereocenters. The molecule has 1 N–H and O–H groups in total. The van der Waals surface area contributed by atoms with Crippen LogP contribution >= 0.6 is 0 Å². The summed E-state index contributed by atoms with van der Waals surface area (Å²) >= 11 is 0. The van der Waals surface area contributed by atoms with Crippen LogP contribution < -0.4 is 19.9 Å². The molecule has 0 aliphatic heterocycles. The number of nitrogens with one attached hydrogen (secondary N) is 1. The zero-order chi connectivity index (χ0) is 21.3. The van der Waals surface area contributed by atoms with Crippen LogP contribution in [0.2, 0.25) is 0 Å². The lowest BCUT2D eigenvalue weighted by Crippen LogP contribution is -2.17. The Balaban J connectivity index is 1.83. The topological polar surface area (TPSA) is 91.3 Å². The van der Waals surface area contributed by atoms with Crippen LogP contribution in [0.15, 0.2) is 47.4 Å². The molecule has 8 nitrogen and oxygen atoms in total. The Bertz CT molecular complexity index is 1260. The van der Waals surface area contributed by atoms with Crippen LogP contribution in [0.4, 0.5) is 4.39 Å². The molecule has 30 heavy (non-hydrogen) atoms. The molecule has 154 valence electrons. The fourth-order valence-corrected chi connectivity index (χ4v) is 3.25. The Morgan fingerprint density at radius 2 is 1.80 bits per heavy atom. The monoisotopic (exact) mass is 410 g/mol. The molecule has 2 heterocycles. The molecule has 4 rings (SSSR count). The fraction of sp³-hybridized carbons (Fsp3) is 0.190. The van der Waals surface area contributed by atoms with Crippen molar-refractivity contribution in [1.29, 1.82) is 0 Å². The van der Waals surface area contributed by atoms with Crippen molar-refractivity contribution < 1.29 is 18.6 Å². The highest BCUT2D eigenvalue weighted by molar-refractivity contribution is 5.73. The number of nitrogens with zero attached hydrogens (tertiary/aromatic N) is 3. The largest absolute Gasteiger partial charge is 0.493 e. The summed E-state index contributed by atoms with van der Waals surface area (Å²) in [7, 11) is 4.58. The van der Waals surface area contributed by atoms with Crippen LogP contribution in [0.25, 0.3) is 22.6 Å². The van der Waals surface area contributed by atoms with E-state index in [1.54, 1.807) is 30.5 Å². The minimum atomic E-state index is -0.378. The van der Waals surface area contributed by atoms with Crippen molar-refractivity contribution in [1.82, 2.24) is 19.5 Å². The number of methoxy groups -OCH3 is 3. The summed E-state index contributed by atoms with van der Waals surface area (Å²) < 4.78 is 31.1. The third-order valence-corrected chi connectivity index (χ3v) is 4.67. The quantitative estimate of drug-likeness (QED) is 0.526. The zero-order valence-electron chi connectivity index (χ0n) is 16.6. The first-order valence-corrected chi connectivity index (χ1v) is 9.04. The number of hydrogen-bond donors (Lipinski definition) is 1. The SMILES string of the molecule is COc1cc(-c2cnc3[nH]c(=O)n(Cc4cccc(F)c4)c3n2)cc(OC)c1OC. The second kappa shape index (κ2) is 7.86. The molecule has 0 fully saturated rings. The number of halogens is 1. The van der Waals surface area contributed by atoms with Crippen molar-refractivity contribution in [3.05, 3.63) is 64.5 Å². The van der Waals surface area contributed by atoms with Crippen LogP contribution in [0.3, 0.4) is 0 Å². The second-order valence-corrected chi connectivity index (χ2v) is 6.49. The molecule has 0 saturated carbocycles. The van der Waals surface area contributed by atoms with Gasteiger partial charge in [-0.1, -0.05) is 12.1 Å². The molecule has 9 heteroatoms. The van der Waals surface area contributed by atoms with Crippen molar-refractivity contribution in [2.24, 2.45) is 0 Å². The zero-order valence-corrected chi connectivity index (χ0v) is 16.6. The van der Waals surface area contributed by atoms with Crippen LogP contribution in [0, 0.1) is 5.82 Å². The minimum absolute atomic E-state index is 0.157. The van der Waals surface area contributed by atoms with Gasteiger partial charge >= 0.3 is 5.69 Å². The van der Waals surface area contributed by atoms with E-state index in [0.717, 1.165) is 0 Å². The van der Waals surface area contributed by atoms with E-state index < -0.39 is 0 Å². The molecule has 0 spiro atoms. The first-order valence-electron chi connectivity index (χ1n) is 9.04. The molecule has 0 unspecified atom stereocenters. The molecule has 4 aromatic rings. The number of rotatable bonds is 6. The number of fused-ring (bicyclic) bond motifs is 1. The molecule has 0 saturated heterocycles. The number of hydrogen-bond acceptors (Lipinski definition) is 6. The van der Waals surface area contributed by atoms with E-state index in [4.69, 9.17) is 14.2 Å². The number of benzene rings is 2. The number of H-pyrrole nitrogens is 1. The Kier molecular flexibility index (Phi) is 5.09. The summed E-state index contributed by atoms with van der Waals surface area (Å²) in [5.74, 6) is 1.03. The van der Waals surface area contributed by atoms with Crippen LogP contribution in [0.1, 0.15) is 5.56 Å². The van der Waals surface area contributed by atoms with Crippen molar-refractivity contribution in [3.8, 4) is 28.5 Å². The van der Waals surface area contributed by atoms with E-state index >= 15 is 0 Å². The average Bonchev–Trinajstić information content (AvgIpc) is 3.07. The smallest absolute Gasteiger partial charge is 0.329 e. The van der Waals surface area contributed by atoms with E-state index in [-0.39, 0.29) is 18.1 Å². The Morgan fingerprint density at radius 3 is 2.43 bits per heavy atom. The predicted octanol–water partition coefficient (Wildman–Crippen LogP) is 3.00. The van der Waals surface area contributed by atoms with Gasteiger partial charge in [0.1, 0.15) is 5.82 Å². The fourth-order valence-electron chi connectivity index (χ4n) is 3.25. The Morgan fingerprint density at radius 1 is 1.07 bits per heavy atom. The molecule has 0 radical (unpaired) electrons. The van der Waals surface area contributed by atoms with E-state index in [9.17, 15) is 9.18 Å². The van der Waals surface area contributed by atoms with E-state index in [1.165, 1.54) is 38.0 Å². The molecule has 2 aromatic carbocycles. The lowest BCUT2D eigenvalue weighted by atomic mass is 10.1. The molecule has 2 aromatic heterocycles. The van der Waals surface area contributed by atoms with Gasteiger partial charge in [-0.2, -0.15) is 0 Å². The lowest BCUT2D eigenvalue weighted by Gasteiger charge is -2.14. The number of aromatic nitrogens is 4. The first kappa shape index (κ1) is 19.4. The Hall–Kier alpha value is -3.88. The van der Waals surface area contributed by atoms with Gasteiger partial charge in [-0.25, -0.2) is 19.2 Å². The molecule has 0 amide bonds. The van der Waals surface area contributed by atoms with Gasteiger partial charge in [0.25, 0.3) is 0 Å². The average molecular weight is 410 g/mol. The standard InChI is InChI=1S/C21H19FN4O4/c1-28-16-8-13(9-17(29-2)18(16)30-3)15-10-23-19-20(24-15)26(21(27)25-19)11-12-5-4-6-14(22)7-12/h4-10H,11H2,1-3H3,(H,23,25,27). The second-order valence-electron chi connectivity index (χ2n) is 6.49. The highest BCUT2D eigenvalue weighted by Crippen LogP contribution is 2.40. The predicted molar refractivity (Wildman–Crippen MR) is 109 cm³/mol. The van der Waals surface area contributed by atoms with Crippen LogP contribution in [-0.2, 0) is 6.54 Å². The van der Waals surface area contributed by atoms with Crippen molar-refractivity contribution in [3.63, 3.8) is 0 Å². The van der Waals surface area contributed by atoms with Gasteiger partial charge in [0, 0.05) is 5.56 Å². The number of ether oxygens (including phenoxy) is 3. The molecular weight excluding hydrogens is 391 g/mol. The first-order chi connectivity index (χ1) is 14.5. The third-order valence-electron chi connectivity index (χ3n) is 4.67. The molecular formula is C21H19FN4O4. The van der Waals surface area contributed by atoms with Gasteiger partial charge in [0.05, 0.1) is 39.8 Å². The van der Waals surface area contributed by atoms with Crippen molar-refractivity contribution >= 4 is 11.3 Å². The maximum Gasteiger partial charge on any atom is 0.329 e. The van der Waals surface area contributed by atoms with Crippen molar-refractivity contribution in [2.75, 3.05) is 21.3 Å². The molecule has 0 aliphatic rings. The maximum atomic E-state index is 13.5. The summed E-state index contributed by atoms with van der Waals surface area (Å²) in [5.41, 5.74) is 2.14. The highest BCUT2D eigenvalue weighted by atomic mass is 19.1. The van der Waals surface area contributed by atoms with Gasteiger partial charge < -0.3 is 14.2 Å². The third kappa shape index (κ3) is 3.45. The summed E-state index contributed by atoms with van der Waals surface area (Å²) in [5, 5.41) is 0. The summed E-state index contributed by atoms with van der Waals surface area (Å²) in [6.07, 6.45) is 1.55. The molecule has 0 aliphatic carbocycles. The van der Waals surface area contributed by atoms with E-state index in [1.807, 2.05) is 0 Å².